The van der Waals surface area contributed by atoms with E-state index < -0.39 is 0 Å². The van der Waals surface area contributed by atoms with Gasteiger partial charge in [-0.15, -0.1) is 0 Å². The highest BCUT2D eigenvalue weighted by Gasteiger charge is 2.40. The molecule has 2 rings (SSSR count). The van der Waals surface area contributed by atoms with Crippen molar-refractivity contribution < 1.29 is 4.74 Å². The van der Waals surface area contributed by atoms with Crippen molar-refractivity contribution in [2.24, 2.45) is 5.11 Å². The van der Waals surface area contributed by atoms with Gasteiger partial charge in [-0.25, -0.2) is 0 Å². The van der Waals surface area contributed by atoms with Gasteiger partial charge in [-0.05, 0) is 31.3 Å². The van der Waals surface area contributed by atoms with Crippen LogP contribution in [0.15, 0.2) is 5.11 Å². The number of nitrogens with one attached hydrogen (secondary N) is 1. The SMILES string of the molecule is [N-]=[N+]=NC[C@@H]1C[C@]2(CCCCN2)CO1. The second kappa shape index (κ2) is 4.17. The fraction of sp³-hybridized carbons (Fsp3) is 1.00. The number of nitrogens with zero attached hydrogens (tertiary/aromatic N) is 3. The highest BCUT2D eigenvalue weighted by molar-refractivity contribution is 4.97. The summed E-state index contributed by atoms with van der Waals surface area (Å²) in [6.45, 7) is 2.34. The van der Waals surface area contributed by atoms with Crippen molar-refractivity contribution in [1.29, 1.82) is 0 Å². The summed E-state index contributed by atoms with van der Waals surface area (Å²) < 4.78 is 5.62. The minimum atomic E-state index is 0.122. The molecule has 2 aliphatic heterocycles. The second-order valence-electron chi connectivity index (χ2n) is 4.21. The highest BCUT2D eigenvalue weighted by Crippen LogP contribution is 2.31. The summed E-state index contributed by atoms with van der Waals surface area (Å²) in [4.78, 5) is 2.76. The lowest BCUT2D eigenvalue weighted by atomic mass is 9.87. The number of hydrogen-bond donors (Lipinski definition) is 1. The number of hydrogen-bond acceptors (Lipinski definition) is 3. The summed E-state index contributed by atoms with van der Waals surface area (Å²) in [6, 6.07) is 0. The van der Waals surface area contributed by atoms with Crippen LogP contribution in [0.25, 0.3) is 10.4 Å². The summed E-state index contributed by atoms with van der Waals surface area (Å²) in [5.74, 6) is 0. The lowest BCUT2D eigenvalue weighted by Crippen LogP contribution is -2.49. The quantitative estimate of drug-likeness (QED) is 0.414. The molecule has 5 nitrogen and oxygen atoms in total. The molecule has 1 spiro atoms. The average Bonchev–Trinajstić information content (AvgIpc) is 2.60. The van der Waals surface area contributed by atoms with Crippen LogP contribution in [0.2, 0.25) is 0 Å². The molecule has 0 aromatic carbocycles. The molecule has 0 bridgehead atoms. The number of rotatable bonds is 2. The molecular formula is C9H16N4O. The van der Waals surface area contributed by atoms with Crippen molar-refractivity contribution in [1.82, 2.24) is 5.32 Å². The fourth-order valence-electron chi connectivity index (χ4n) is 2.40. The molecule has 1 N–H and O–H groups in total. The van der Waals surface area contributed by atoms with Gasteiger partial charge in [0.05, 0.1) is 19.3 Å². The second-order valence-corrected chi connectivity index (χ2v) is 4.21. The number of ether oxygens (including phenoxy) is 1. The lowest BCUT2D eigenvalue weighted by Gasteiger charge is -2.33. The molecule has 78 valence electrons. The van der Waals surface area contributed by atoms with E-state index in [1.54, 1.807) is 0 Å². The molecule has 0 radical (unpaired) electrons. The maximum atomic E-state index is 8.22. The van der Waals surface area contributed by atoms with Crippen LogP contribution >= 0.6 is 0 Å². The molecule has 2 aliphatic rings. The predicted octanol–water partition coefficient (Wildman–Crippen LogP) is 1.60. The van der Waals surface area contributed by atoms with Gasteiger partial charge in [-0.3, -0.25) is 0 Å². The van der Waals surface area contributed by atoms with Crippen LogP contribution in [0.1, 0.15) is 25.7 Å². The van der Waals surface area contributed by atoms with Crippen LogP contribution in [-0.2, 0) is 4.74 Å². The first-order valence-electron chi connectivity index (χ1n) is 5.22. The summed E-state index contributed by atoms with van der Waals surface area (Å²) in [5, 5.41) is 7.10. The summed E-state index contributed by atoms with van der Waals surface area (Å²) in [6.07, 6.45) is 4.86. The molecule has 0 amide bonds. The Morgan fingerprint density at radius 3 is 3.21 bits per heavy atom. The maximum Gasteiger partial charge on any atom is 0.0653 e. The Hall–Kier alpha value is -0.770. The van der Waals surface area contributed by atoms with Gasteiger partial charge >= 0.3 is 0 Å². The molecule has 2 fully saturated rings. The minimum absolute atomic E-state index is 0.122. The van der Waals surface area contributed by atoms with Crippen LogP contribution < -0.4 is 5.32 Å². The topological polar surface area (TPSA) is 70.0 Å². The zero-order valence-corrected chi connectivity index (χ0v) is 8.28. The number of piperidine rings is 1. The van der Waals surface area contributed by atoms with Gasteiger partial charge in [0, 0.05) is 10.5 Å². The van der Waals surface area contributed by atoms with Crippen molar-refractivity contribution >= 4 is 0 Å². The Balaban J connectivity index is 1.88. The van der Waals surface area contributed by atoms with Crippen molar-refractivity contribution in [3.05, 3.63) is 10.4 Å². The molecule has 14 heavy (non-hydrogen) atoms. The van der Waals surface area contributed by atoms with Gasteiger partial charge in [0.15, 0.2) is 0 Å². The van der Waals surface area contributed by atoms with Crippen molar-refractivity contribution in [3.63, 3.8) is 0 Å². The Morgan fingerprint density at radius 2 is 2.50 bits per heavy atom. The van der Waals surface area contributed by atoms with Crippen molar-refractivity contribution in [2.45, 2.75) is 37.3 Å². The van der Waals surface area contributed by atoms with Crippen molar-refractivity contribution in [3.8, 4) is 0 Å². The van der Waals surface area contributed by atoms with E-state index in [0.29, 0.717) is 6.54 Å². The third kappa shape index (κ3) is 2.00. The molecule has 0 aliphatic carbocycles. The van der Waals surface area contributed by atoms with Crippen LogP contribution in [0.4, 0.5) is 0 Å². The third-order valence-corrected chi connectivity index (χ3v) is 3.14. The zero-order valence-electron chi connectivity index (χ0n) is 8.28. The molecule has 0 aromatic rings. The predicted molar refractivity (Wildman–Crippen MR) is 53.0 cm³/mol. The largest absolute Gasteiger partial charge is 0.376 e. The molecular weight excluding hydrogens is 180 g/mol. The Bertz CT molecular complexity index is 243. The van der Waals surface area contributed by atoms with Gasteiger partial charge in [-0.1, -0.05) is 11.5 Å². The Kier molecular flexibility index (Phi) is 2.91. The normalized spacial score (nSPS) is 37.0. The number of azide groups is 1. The molecule has 2 saturated heterocycles. The van der Waals surface area contributed by atoms with Gasteiger partial charge < -0.3 is 10.1 Å². The summed E-state index contributed by atoms with van der Waals surface area (Å²) in [7, 11) is 0. The van der Waals surface area contributed by atoms with Crippen LogP contribution in [0.5, 0.6) is 0 Å². The van der Waals surface area contributed by atoms with Crippen LogP contribution in [-0.4, -0.2) is 31.3 Å². The fourth-order valence-corrected chi connectivity index (χ4v) is 2.40. The van der Waals surface area contributed by atoms with E-state index in [-0.39, 0.29) is 11.6 Å². The maximum absolute atomic E-state index is 8.22. The zero-order chi connectivity index (χ0) is 9.86. The molecule has 2 heterocycles. The van der Waals surface area contributed by atoms with E-state index in [2.05, 4.69) is 15.3 Å². The molecule has 0 saturated carbocycles. The standard InChI is InChI=1S/C9H16N4O/c10-13-12-6-8-5-9(7-14-8)3-1-2-4-11-9/h8,11H,1-7H2/t8-,9+/m0/s1. The monoisotopic (exact) mass is 196 g/mol. The summed E-state index contributed by atoms with van der Waals surface area (Å²) >= 11 is 0. The smallest absolute Gasteiger partial charge is 0.0653 e. The van der Waals surface area contributed by atoms with Gasteiger partial charge in [0.25, 0.3) is 0 Å². The van der Waals surface area contributed by atoms with E-state index >= 15 is 0 Å². The van der Waals surface area contributed by atoms with E-state index in [0.717, 1.165) is 19.6 Å². The molecule has 0 unspecified atom stereocenters. The first kappa shape index (κ1) is 9.77. The Labute approximate surface area is 83.4 Å². The van der Waals surface area contributed by atoms with Crippen molar-refractivity contribution in [2.75, 3.05) is 19.7 Å². The van der Waals surface area contributed by atoms with Gasteiger partial charge in [0.1, 0.15) is 0 Å². The van der Waals surface area contributed by atoms with Gasteiger partial charge in [0.2, 0.25) is 0 Å². The van der Waals surface area contributed by atoms with Crippen LogP contribution in [0.3, 0.4) is 0 Å². The average molecular weight is 196 g/mol. The lowest BCUT2D eigenvalue weighted by molar-refractivity contribution is 0.102. The Morgan fingerprint density at radius 1 is 1.57 bits per heavy atom. The first-order valence-corrected chi connectivity index (χ1v) is 5.22. The highest BCUT2D eigenvalue weighted by atomic mass is 16.5. The molecule has 0 aromatic heterocycles. The van der Waals surface area contributed by atoms with E-state index in [9.17, 15) is 0 Å². The first-order chi connectivity index (χ1) is 6.85. The molecule has 2 atom stereocenters. The van der Waals surface area contributed by atoms with E-state index in [4.69, 9.17) is 10.3 Å². The van der Waals surface area contributed by atoms with Crippen LogP contribution in [0, 0.1) is 0 Å². The minimum Gasteiger partial charge on any atom is -0.376 e. The molecule has 5 heteroatoms. The third-order valence-electron chi connectivity index (χ3n) is 3.14. The summed E-state index contributed by atoms with van der Waals surface area (Å²) in [5.41, 5.74) is 8.40. The van der Waals surface area contributed by atoms with Gasteiger partial charge in [-0.2, -0.15) is 0 Å². The van der Waals surface area contributed by atoms with E-state index in [1.165, 1.54) is 19.3 Å². The van der Waals surface area contributed by atoms with E-state index in [1.807, 2.05) is 0 Å².